The van der Waals surface area contributed by atoms with Gasteiger partial charge in [0.2, 0.25) is 5.91 Å². The van der Waals surface area contributed by atoms with Crippen LogP contribution in [0.2, 0.25) is 0 Å². The van der Waals surface area contributed by atoms with Gasteiger partial charge in [-0.1, -0.05) is 0 Å². The van der Waals surface area contributed by atoms with Crippen LogP contribution >= 0.6 is 12.4 Å². The number of amides is 1. The van der Waals surface area contributed by atoms with Crippen LogP contribution in [0.3, 0.4) is 0 Å². The first-order valence-corrected chi connectivity index (χ1v) is 4.69. The SMILES string of the molecule is CC(N)C(=O)N1CCCCC1C.Cl. The van der Waals surface area contributed by atoms with Crippen molar-refractivity contribution in [3.05, 3.63) is 0 Å². The lowest BCUT2D eigenvalue weighted by molar-refractivity contribution is -0.135. The average Bonchev–Trinajstić information content (AvgIpc) is 2.04. The Kier molecular flexibility index (Phi) is 5.33. The number of carbonyl (C=O) groups is 1. The van der Waals surface area contributed by atoms with Crippen molar-refractivity contribution in [2.45, 2.75) is 45.2 Å². The highest BCUT2D eigenvalue weighted by atomic mass is 35.5. The minimum absolute atomic E-state index is 0. The van der Waals surface area contributed by atoms with Crippen molar-refractivity contribution >= 4 is 18.3 Å². The lowest BCUT2D eigenvalue weighted by atomic mass is 10.0. The van der Waals surface area contributed by atoms with Crippen LogP contribution in [0, 0.1) is 0 Å². The van der Waals surface area contributed by atoms with Gasteiger partial charge >= 0.3 is 0 Å². The van der Waals surface area contributed by atoms with Crippen LogP contribution in [0.25, 0.3) is 0 Å². The van der Waals surface area contributed by atoms with Crippen molar-refractivity contribution < 1.29 is 4.79 Å². The van der Waals surface area contributed by atoms with Gasteiger partial charge in [0.15, 0.2) is 0 Å². The molecule has 2 unspecified atom stereocenters. The third-order valence-corrected chi connectivity index (χ3v) is 2.48. The Hall–Kier alpha value is -0.280. The van der Waals surface area contributed by atoms with Crippen molar-refractivity contribution in [2.24, 2.45) is 5.73 Å². The number of carbonyl (C=O) groups excluding carboxylic acids is 1. The molecule has 0 aromatic rings. The predicted molar refractivity (Wildman–Crippen MR) is 55.9 cm³/mol. The number of nitrogens with zero attached hydrogens (tertiary/aromatic N) is 1. The molecule has 13 heavy (non-hydrogen) atoms. The van der Waals surface area contributed by atoms with E-state index < -0.39 is 0 Å². The van der Waals surface area contributed by atoms with E-state index in [2.05, 4.69) is 6.92 Å². The summed E-state index contributed by atoms with van der Waals surface area (Å²) >= 11 is 0. The van der Waals surface area contributed by atoms with E-state index in [4.69, 9.17) is 5.73 Å². The quantitative estimate of drug-likeness (QED) is 0.700. The zero-order valence-electron chi connectivity index (χ0n) is 8.32. The van der Waals surface area contributed by atoms with Crippen molar-refractivity contribution in [1.29, 1.82) is 0 Å². The Morgan fingerprint density at radius 2 is 2.15 bits per heavy atom. The number of piperidine rings is 1. The van der Waals surface area contributed by atoms with E-state index in [1.54, 1.807) is 6.92 Å². The third kappa shape index (κ3) is 3.16. The van der Waals surface area contributed by atoms with E-state index in [-0.39, 0.29) is 24.4 Å². The van der Waals surface area contributed by atoms with Crippen LogP contribution in [-0.2, 0) is 4.79 Å². The molecule has 0 spiro atoms. The monoisotopic (exact) mass is 206 g/mol. The second-order valence-corrected chi connectivity index (χ2v) is 3.67. The summed E-state index contributed by atoms with van der Waals surface area (Å²) in [5.74, 6) is 0.0993. The highest BCUT2D eigenvalue weighted by molar-refractivity contribution is 5.85. The zero-order valence-corrected chi connectivity index (χ0v) is 9.14. The highest BCUT2D eigenvalue weighted by Crippen LogP contribution is 2.16. The van der Waals surface area contributed by atoms with Gasteiger partial charge < -0.3 is 10.6 Å². The van der Waals surface area contributed by atoms with Crippen LogP contribution in [0.15, 0.2) is 0 Å². The minimum Gasteiger partial charge on any atom is -0.339 e. The number of halogens is 1. The summed E-state index contributed by atoms with van der Waals surface area (Å²) in [6.45, 7) is 4.74. The van der Waals surface area contributed by atoms with E-state index in [0.717, 1.165) is 19.4 Å². The van der Waals surface area contributed by atoms with Gasteiger partial charge in [-0.2, -0.15) is 0 Å². The normalized spacial score (nSPS) is 24.8. The Labute approximate surface area is 86.1 Å². The summed E-state index contributed by atoms with van der Waals surface area (Å²) in [6.07, 6.45) is 3.49. The van der Waals surface area contributed by atoms with Gasteiger partial charge in [0, 0.05) is 12.6 Å². The van der Waals surface area contributed by atoms with Crippen LogP contribution in [-0.4, -0.2) is 29.4 Å². The fourth-order valence-electron chi connectivity index (χ4n) is 1.69. The maximum Gasteiger partial charge on any atom is 0.239 e. The summed E-state index contributed by atoms with van der Waals surface area (Å²) in [6, 6.07) is 0.0443. The molecule has 4 heteroatoms. The number of hydrogen-bond acceptors (Lipinski definition) is 2. The first kappa shape index (κ1) is 12.7. The lowest BCUT2D eigenvalue weighted by Gasteiger charge is -2.34. The molecular formula is C9H19ClN2O. The van der Waals surface area contributed by atoms with Crippen molar-refractivity contribution in [3.8, 4) is 0 Å². The smallest absolute Gasteiger partial charge is 0.239 e. The van der Waals surface area contributed by atoms with Gasteiger partial charge in [0.25, 0.3) is 0 Å². The van der Waals surface area contributed by atoms with E-state index in [1.165, 1.54) is 6.42 Å². The Bertz CT molecular complexity index is 173. The first-order valence-electron chi connectivity index (χ1n) is 4.69. The van der Waals surface area contributed by atoms with Gasteiger partial charge in [-0.25, -0.2) is 0 Å². The summed E-state index contributed by atoms with van der Waals surface area (Å²) in [5, 5.41) is 0. The molecule has 1 amide bonds. The van der Waals surface area contributed by atoms with Crippen molar-refractivity contribution in [3.63, 3.8) is 0 Å². The third-order valence-electron chi connectivity index (χ3n) is 2.48. The van der Waals surface area contributed by atoms with Gasteiger partial charge in [0.1, 0.15) is 0 Å². The Balaban J connectivity index is 0.00000144. The molecule has 1 fully saturated rings. The molecule has 3 nitrogen and oxygen atoms in total. The van der Waals surface area contributed by atoms with Gasteiger partial charge in [0.05, 0.1) is 6.04 Å². The Morgan fingerprint density at radius 3 is 2.62 bits per heavy atom. The molecule has 0 aromatic carbocycles. The number of likely N-dealkylation sites (tertiary alicyclic amines) is 1. The number of rotatable bonds is 1. The largest absolute Gasteiger partial charge is 0.339 e. The topological polar surface area (TPSA) is 46.3 Å². The maximum atomic E-state index is 11.5. The van der Waals surface area contributed by atoms with Crippen LogP contribution in [0.1, 0.15) is 33.1 Å². The van der Waals surface area contributed by atoms with Crippen molar-refractivity contribution in [1.82, 2.24) is 4.90 Å². The van der Waals surface area contributed by atoms with Gasteiger partial charge in [-0.15, -0.1) is 12.4 Å². The molecule has 1 saturated heterocycles. The molecule has 2 N–H and O–H groups in total. The lowest BCUT2D eigenvalue weighted by Crippen LogP contribution is -2.48. The molecule has 1 aliphatic rings. The first-order chi connectivity index (χ1) is 5.63. The van der Waals surface area contributed by atoms with E-state index in [0.29, 0.717) is 6.04 Å². The second-order valence-electron chi connectivity index (χ2n) is 3.67. The maximum absolute atomic E-state index is 11.5. The number of nitrogens with two attached hydrogens (primary N) is 1. The summed E-state index contributed by atoms with van der Waals surface area (Å²) in [7, 11) is 0. The van der Waals surface area contributed by atoms with E-state index in [1.807, 2.05) is 4.90 Å². The van der Waals surface area contributed by atoms with Crippen LogP contribution in [0.5, 0.6) is 0 Å². The van der Waals surface area contributed by atoms with Crippen LogP contribution < -0.4 is 5.73 Å². The Morgan fingerprint density at radius 1 is 1.54 bits per heavy atom. The summed E-state index contributed by atoms with van der Waals surface area (Å²) < 4.78 is 0. The van der Waals surface area contributed by atoms with Crippen molar-refractivity contribution in [2.75, 3.05) is 6.54 Å². The van der Waals surface area contributed by atoms with Crippen LogP contribution in [0.4, 0.5) is 0 Å². The minimum atomic E-state index is -0.342. The molecule has 1 rings (SSSR count). The molecule has 1 aliphatic heterocycles. The predicted octanol–water partition coefficient (Wildman–Crippen LogP) is 1.16. The molecule has 0 saturated carbocycles. The number of hydrogen-bond donors (Lipinski definition) is 1. The average molecular weight is 207 g/mol. The van der Waals surface area contributed by atoms with Gasteiger partial charge in [-0.05, 0) is 33.1 Å². The second kappa shape index (κ2) is 5.45. The van der Waals surface area contributed by atoms with Gasteiger partial charge in [-0.3, -0.25) is 4.79 Å². The highest BCUT2D eigenvalue weighted by Gasteiger charge is 2.24. The molecule has 0 aromatic heterocycles. The fraction of sp³-hybridized carbons (Fsp3) is 0.889. The molecule has 0 radical (unpaired) electrons. The molecule has 0 aliphatic carbocycles. The molecule has 0 bridgehead atoms. The summed E-state index contributed by atoms with van der Waals surface area (Å²) in [4.78, 5) is 13.4. The molecule has 78 valence electrons. The molecular weight excluding hydrogens is 188 g/mol. The standard InChI is InChI=1S/C9H18N2O.ClH/c1-7-5-3-4-6-11(7)9(12)8(2)10;/h7-8H,3-6,10H2,1-2H3;1H. The molecule has 2 atom stereocenters. The zero-order chi connectivity index (χ0) is 9.14. The summed E-state index contributed by atoms with van der Waals surface area (Å²) in [5.41, 5.74) is 5.54. The fourth-order valence-corrected chi connectivity index (χ4v) is 1.69. The molecule has 1 heterocycles. The van der Waals surface area contributed by atoms with E-state index in [9.17, 15) is 4.79 Å². The van der Waals surface area contributed by atoms with E-state index >= 15 is 0 Å².